The highest BCUT2D eigenvalue weighted by Crippen LogP contribution is 2.02. The van der Waals surface area contributed by atoms with Crippen molar-refractivity contribution < 1.29 is 4.79 Å². The zero-order valence-electron chi connectivity index (χ0n) is 11.1. The van der Waals surface area contributed by atoms with Crippen LogP contribution in [0.1, 0.15) is 20.3 Å². The van der Waals surface area contributed by atoms with E-state index in [4.69, 9.17) is 0 Å². The van der Waals surface area contributed by atoms with E-state index in [0.717, 1.165) is 45.7 Å². The summed E-state index contributed by atoms with van der Waals surface area (Å²) < 4.78 is 0. The highest BCUT2D eigenvalue weighted by atomic mass is 16.2. The van der Waals surface area contributed by atoms with Crippen molar-refractivity contribution in [2.45, 2.75) is 20.3 Å². The Morgan fingerprint density at radius 1 is 1.35 bits per heavy atom. The molecule has 0 saturated carbocycles. The van der Waals surface area contributed by atoms with Gasteiger partial charge >= 0.3 is 6.03 Å². The minimum absolute atomic E-state index is 0.0869. The molecule has 4 nitrogen and oxygen atoms in total. The first-order valence-electron chi connectivity index (χ1n) is 6.49. The number of hydrogen-bond donors (Lipinski definition) is 1. The van der Waals surface area contributed by atoms with Gasteiger partial charge in [0, 0.05) is 39.3 Å². The number of hydrogen-bond acceptors (Lipinski definition) is 2. The standard InChI is InChI=1S/C13H25N3O/c1-4-7-15-8-10-16(11-9-15)13(17)14-6-5-12(2)3/h4,12H,1,5-11H2,2-3H3,(H,14,17). The van der Waals surface area contributed by atoms with Crippen LogP contribution < -0.4 is 5.32 Å². The molecule has 4 heteroatoms. The van der Waals surface area contributed by atoms with Crippen LogP contribution in [0.5, 0.6) is 0 Å². The van der Waals surface area contributed by atoms with Crippen LogP contribution in [0.2, 0.25) is 0 Å². The second kappa shape index (κ2) is 7.33. The van der Waals surface area contributed by atoms with E-state index in [1.165, 1.54) is 0 Å². The minimum Gasteiger partial charge on any atom is -0.338 e. The van der Waals surface area contributed by atoms with Crippen molar-refractivity contribution in [3.63, 3.8) is 0 Å². The van der Waals surface area contributed by atoms with Crippen LogP contribution in [0.25, 0.3) is 0 Å². The summed E-state index contributed by atoms with van der Waals surface area (Å²) in [6.07, 6.45) is 2.96. The van der Waals surface area contributed by atoms with Crippen molar-refractivity contribution >= 4 is 6.03 Å². The summed E-state index contributed by atoms with van der Waals surface area (Å²) in [7, 11) is 0. The summed E-state index contributed by atoms with van der Waals surface area (Å²) in [6.45, 7) is 13.3. The molecule has 0 aliphatic carbocycles. The fourth-order valence-corrected chi connectivity index (χ4v) is 1.90. The summed E-state index contributed by atoms with van der Waals surface area (Å²) in [4.78, 5) is 16.0. The van der Waals surface area contributed by atoms with Crippen LogP contribution in [0.15, 0.2) is 12.7 Å². The molecule has 1 N–H and O–H groups in total. The van der Waals surface area contributed by atoms with Gasteiger partial charge < -0.3 is 10.2 Å². The first kappa shape index (κ1) is 14.0. The van der Waals surface area contributed by atoms with Gasteiger partial charge in [-0.15, -0.1) is 6.58 Å². The van der Waals surface area contributed by atoms with Gasteiger partial charge in [-0.2, -0.15) is 0 Å². The van der Waals surface area contributed by atoms with Crippen LogP contribution in [0.4, 0.5) is 4.79 Å². The summed E-state index contributed by atoms with van der Waals surface area (Å²) >= 11 is 0. The first-order valence-corrected chi connectivity index (χ1v) is 6.49. The lowest BCUT2D eigenvalue weighted by Crippen LogP contribution is -2.51. The molecule has 98 valence electrons. The van der Waals surface area contributed by atoms with Crippen LogP contribution in [0.3, 0.4) is 0 Å². The SMILES string of the molecule is C=CCN1CCN(C(=O)NCCC(C)C)CC1. The molecule has 1 fully saturated rings. The second-order valence-electron chi connectivity index (χ2n) is 4.99. The Balaban J connectivity index is 2.19. The van der Waals surface area contributed by atoms with Crippen molar-refractivity contribution in [1.82, 2.24) is 15.1 Å². The highest BCUT2D eigenvalue weighted by molar-refractivity contribution is 5.74. The highest BCUT2D eigenvalue weighted by Gasteiger charge is 2.19. The van der Waals surface area contributed by atoms with Crippen molar-refractivity contribution in [1.29, 1.82) is 0 Å². The Morgan fingerprint density at radius 3 is 2.53 bits per heavy atom. The number of piperazine rings is 1. The fourth-order valence-electron chi connectivity index (χ4n) is 1.90. The Kier molecular flexibility index (Phi) is 6.05. The summed E-state index contributed by atoms with van der Waals surface area (Å²) in [5.41, 5.74) is 0. The number of carbonyl (C=O) groups is 1. The Bertz CT molecular complexity index is 245. The predicted octanol–water partition coefficient (Wildman–Crippen LogP) is 1.55. The number of nitrogens with zero attached hydrogens (tertiary/aromatic N) is 2. The third-order valence-corrected chi connectivity index (χ3v) is 3.04. The zero-order valence-corrected chi connectivity index (χ0v) is 11.1. The quantitative estimate of drug-likeness (QED) is 0.739. The van der Waals surface area contributed by atoms with E-state index < -0.39 is 0 Å². The van der Waals surface area contributed by atoms with Gasteiger partial charge in [0.05, 0.1) is 0 Å². The number of rotatable bonds is 5. The van der Waals surface area contributed by atoms with E-state index in [1.54, 1.807) is 0 Å². The molecule has 1 aliphatic rings. The molecule has 0 aromatic rings. The van der Waals surface area contributed by atoms with Crippen LogP contribution >= 0.6 is 0 Å². The van der Waals surface area contributed by atoms with Crippen molar-refractivity contribution in [3.05, 3.63) is 12.7 Å². The first-order chi connectivity index (χ1) is 8.13. The van der Waals surface area contributed by atoms with Gasteiger partial charge in [-0.3, -0.25) is 4.90 Å². The topological polar surface area (TPSA) is 35.6 Å². The third-order valence-electron chi connectivity index (χ3n) is 3.04. The number of nitrogens with one attached hydrogen (secondary N) is 1. The molecule has 0 bridgehead atoms. The second-order valence-corrected chi connectivity index (χ2v) is 4.99. The predicted molar refractivity (Wildman–Crippen MR) is 71.1 cm³/mol. The van der Waals surface area contributed by atoms with E-state index >= 15 is 0 Å². The fraction of sp³-hybridized carbons (Fsp3) is 0.769. The molecular weight excluding hydrogens is 214 g/mol. The summed E-state index contributed by atoms with van der Waals surface area (Å²) in [6, 6.07) is 0.0869. The van der Waals surface area contributed by atoms with E-state index in [9.17, 15) is 4.79 Å². The molecule has 17 heavy (non-hydrogen) atoms. The van der Waals surface area contributed by atoms with E-state index in [0.29, 0.717) is 5.92 Å². The molecule has 0 radical (unpaired) electrons. The molecule has 0 aromatic heterocycles. The van der Waals surface area contributed by atoms with E-state index in [-0.39, 0.29) is 6.03 Å². The van der Waals surface area contributed by atoms with Gasteiger partial charge in [-0.25, -0.2) is 4.79 Å². The Labute approximate surface area is 105 Å². The van der Waals surface area contributed by atoms with Gasteiger partial charge in [0.2, 0.25) is 0 Å². The van der Waals surface area contributed by atoms with E-state index in [2.05, 4.69) is 30.6 Å². The third kappa shape index (κ3) is 5.22. The molecule has 0 atom stereocenters. The van der Waals surface area contributed by atoms with Crippen LogP contribution in [-0.4, -0.2) is 55.1 Å². The summed E-state index contributed by atoms with van der Waals surface area (Å²) in [5.74, 6) is 0.639. The monoisotopic (exact) mass is 239 g/mol. The molecule has 0 unspecified atom stereocenters. The van der Waals surface area contributed by atoms with Gasteiger partial charge in [0.1, 0.15) is 0 Å². The van der Waals surface area contributed by atoms with Crippen molar-refractivity contribution in [2.75, 3.05) is 39.3 Å². The number of urea groups is 1. The van der Waals surface area contributed by atoms with E-state index in [1.807, 2.05) is 11.0 Å². The molecular formula is C13H25N3O. The molecule has 1 aliphatic heterocycles. The normalized spacial score (nSPS) is 17.2. The number of amides is 2. The smallest absolute Gasteiger partial charge is 0.317 e. The van der Waals surface area contributed by atoms with Crippen LogP contribution in [0, 0.1) is 5.92 Å². The number of carbonyl (C=O) groups excluding carboxylic acids is 1. The lowest BCUT2D eigenvalue weighted by Gasteiger charge is -2.34. The maximum absolute atomic E-state index is 11.8. The van der Waals surface area contributed by atoms with Gasteiger partial charge in [0.15, 0.2) is 0 Å². The average Bonchev–Trinajstić information content (AvgIpc) is 2.30. The molecule has 1 heterocycles. The van der Waals surface area contributed by atoms with Crippen molar-refractivity contribution in [2.24, 2.45) is 5.92 Å². The molecule has 1 saturated heterocycles. The van der Waals surface area contributed by atoms with Crippen molar-refractivity contribution in [3.8, 4) is 0 Å². The maximum atomic E-state index is 11.8. The lowest BCUT2D eigenvalue weighted by atomic mass is 10.1. The average molecular weight is 239 g/mol. The maximum Gasteiger partial charge on any atom is 0.317 e. The molecule has 0 spiro atoms. The van der Waals surface area contributed by atoms with Gasteiger partial charge in [-0.1, -0.05) is 19.9 Å². The Morgan fingerprint density at radius 2 is 2.00 bits per heavy atom. The molecule has 1 rings (SSSR count). The van der Waals surface area contributed by atoms with Gasteiger partial charge in [-0.05, 0) is 12.3 Å². The Hall–Kier alpha value is -1.03. The molecule has 0 aromatic carbocycles. The summed E-state index contributed by atoms with van der Waals surface area (Å²) in [5, 5.41) is 2.98. The lowest BCUT2D eigenvalue weighted by molar-refractivity contribution is 0.146. The van der Waals surface area contributed by atoms with Gasteiger partial charge in [0.25, 0.3) is 0 Å². The van der Waals surface area contributed by atoms with Crippen LogP contribution in [-0.2, 0) is 0 Å². The largest absolute Gasteiger partial charge is 0.338 e. The molecule has 2 amide bonds. The zero-order chi connectivity index (χ0) is 12.7. The minimum atomic E-state index is 0.0869.